The van der Waals surface area contributed by atoms with Gasteiger partial charge < -0.3 is 25.2 Å². The molecule has 39 heavy (non-hydrogen) atoms. The summed E-state index contributed by atoms with van der Waals surface area (Å²) in [6.07, 6.45) is 1.20. The first kappa shape index (κ1) is 27.8. The van der Waals surface area contributed by atoms with Gasteiger partial charge in [-0.2, -0.15) is 0 Å². The molecule has 2 aromatic carbocycles. The third-order valence-electron chi connectivity index (χ3n) is 5.83. The highest BCUT2D eigenvalue weighted by Crippen LogP contribution is 2.26. The van der Waals surface area contributed by atoms with Gasteiger partial charge in [0.15, 0.2) is 16.7 Å². The number of ether oxygens (including phenoxy) is 1. The number of carbonyl (C=O) groups is 2. The van der Waals surface area contributed by atoms with Crippen molar-refractivity contribution < 1.29 is 23.1 Å². The minimum Gasteiger partial charge on any atom is -0.436 e. The van der Waals surface area contributed by atoms with Crippen molar-refractivity contribution in [3.8, 4) is 11.6 Å². The van der Waals surface area contributed by atoms with Crippen molar-refractivity contribution in [2.45, 2.75) is 6.42 Å². The van der Waals surface area contributed by atoms with Crippen LogP contribution in [0.15, 0.2) is 54.9 Å². The maximum absolute atomic E-state index is 14.7. The average molecular weight is 556 g/mol. The number of amides is 3. The molecule has 2 heterocycles. The van der Waals surface area contributed by atoms with E-state index in [0.29, 0.717) is 18.0 Å². The van der Waals surface area contributed by atoms with Crippen molar-refractivity contribution >= 4 is 40.8 Å². The summed E-state index contributed by atoms with van der Waals surface area (Å²) in [7, 11) is 3.74. The van der Waals surface area contributed by atoms with Crippen molar-refractivity contribution in [1.29, 1.82) is 0 Å². The summed E-state index contributed by atoms with van der Waals surface area (Å²) in [4.78, 5) is 36.4. The fourth-order valence-corrected chi connectivity index (χ4v) is 4.21. The molecule has 0 radical (unpaired) electrons. The Kier molecular flexibility index (Phi) is 8.94. The van der Waals surface area contributed by atoms with Crippen LogP contribution in [0.5, 0.6) is 11.6 Å². The number of urea groups is 1. The second kappa shape index (κ2) is 12.5. The summed E-state index contributed by atoms with van der Waals surface area (Å²) in [5, 5.41) is 7.88. The molecule has 0 saturated carbocycles. The Morgan fingerprint density at radius 2 is 1.85 bits per heavy atom. The molecule has 1 fully saturated rings. The standard InChI is InChI=1S/C26H27F2N7O3S/c1-34-12-17(13-34)14-35(2)26(37)32-22-11-24(30-15-29-22)38-21-8-7-19(10-20(21)28)31-25(39)33-23(36)9-16-3-5-18(27)6-4-16/h3-8,10-11,15,17H,9,12-14H2,1-2H3,(H,29,30,32,37)(H2,31,33,36,39). The molecule has 1 aromatic heterocycles. The zero-order chi connectivity index (χ0) is 27.9. The van der Waals surface area contributed by atoms with Crippen molar-refractivity contribution in [3.63, 3.8) is 0 Å². The van der Waals surface area contributed by atoms with Crippen LogP contribution < -0.4 is 20.7 Å². The number of hydrogen-bond acceptors (Lipinski definition) is 7. The summed E-state index contributed by atoms with van der Waals surface area (Å²) in [5.74, 6) is -0.956. The number of anilines is 2. The predicted molar refractivity (Wildman–Crippen MR) is 146 cm³/mol. The highest BCUT2D eigenvalue weighted by molar-refractivity contribution is 7.80. The van der Waals surface area contributed by atoms with E-state index >= 15 is 0 Å². The SMILES string of the molecule is CN1CC(CN(C)C(=O)Nc2cc(Oc3ccc(NC(=S)NC(=O)Cc4ccc(F)cc4)cc3F)ncn2)C1. The minimum absolute atomic E-state index is 0.000975. The van der Waals surface area contributed by atoms with Gasteiger partial charge >= 0.3 is 6.03 Å². The second-order valence-electron chi connectivity index (χ2n) is 9.19. The molecule has 3 amide bonds. The predicted octanol–water partition coefficient (Wildman–Crippen LogP) is 3.63. The zero-order valence-corrected chi connectivity index (χ0v) is 22.1. The number of nitrogens with one attached hydrogen (secondary N) is 3. The van der Waals surface area contributed by atoms with E-state index in [1.54, 1.807) is 11.9 Å². The first-order valence-electron chi connectivity index (χ1n) is 12.0. The number of nitrogens with zero attached hydrogens (tertiary/aromatic N) is 4. The summed E-state index contributed by atoms with van der Waals surface area (Å²) in [6.45, 7) is 2.51. The van der Waals surface area contributed by atoms with E-state index in [1.165, 1.54) is 48.8 Å². The topological polar surface area (TPSA) is 112 Å². The molecule has 1 aliphatic heterocycles. The van der Waals surface area contributed by atoms with Gasteiger partial charge in [-0.25, -0.2) is 23.5 Å². The van der Waals surface area contributed by atoms with Crippen molar-refractivity contribution in [1.82, 2.24) is 25.1 Å². The number of hydrogen-bond donors (Lipinski definition) is 3. The van der Waals surface area contributed by atoms with Crippen LogP contribution in [0.2, 0.25) is 0 Å². The van der Waals surface area contributed by atoms with E-state index in [4.69, 9.17) is 17.0 Å². The monoisotopic (exact) mass is 555 g/mol. The van der Waals surface area contributed by atoms with Crippen molar-refractivity contribution in [2.75, 3.05) is 44.4 Å². The van der Waals surface area contributed by atoms with Gasteiger partial charge in [-0.1, -0.05) is 12.1 Å². The van der Waals surface area contributed by atoms with Crippen molar-refractivity contribution in [3.05, 3.63) is 72.1 Å². The highest BCUT2D eigenvalue weighted by atomic mass is 32.1. The van der Waals surface area contributed by atoms with Gasteiger partial charge in [-0.05, 0) is 49.1 Å². The summed E-state index contributed by atoms with van der Waals surface area (Å²) >= 11 is 5.12. The molecule has 0 unspecified atom stereocenters. The van der Waals surface area contributed by atoms with Crippen molar-refractivity contribution in [2.24, 2.45) is 5.92 Å². The minimum atomic E-state index is -0.713. The Hall–Kier alpha value is -4.23. The summed E-state index contributed by atoms with van der Waals surface area (Å²) in [5.41, 5.74) is 0.897. The quantitative estimate of drug-likeness (QED) is 0.362. The lowest BCUT2D eigenvalue weighted by Crippen LogP contribution is -2.50. The van der Waals surface area contributed by atoms with Crippen LogP contribution in [0.25, 0.3) is 0 Å². The van der Waals surface area contributed by atoms with E-state index in [0.717, 1.165) is 19.2 Å². The van der Waals surface area contributed by atoms with Crippen LogP contribution in [0.1, 0.15) is 5.56 Å². The molecule has 0 spiro atoms. The lowest BCUT2D eigenvalue weighted by Gasteiger charge is -2.38. The Labute approximate surface area is 229 Å². The van der Waals surface area contributed by atoms with Gasteiger partial charge in [0.05, 0.1) is 6.42 Å². The number of benzene rings is 2. The lowest BCUT2D eigenvalue weighted by molar-refractivity contribution is -0.119. The molecule has 1 saturated heterocycles. The number of thiocarbonyl (C=S) groups is 1. The number of aromatic nitrogens is 2. The molecular formula is C26H27F2N7O3S. The van der Waals surface area contributed by atoms with E-state index < -0.39 is 17.5 Å². The molecule has 204 valence electrons. The van der Waals surface area contributed by atoms with Gasteiger partial charge in [-0.15, -0.1) is 0 Å². The van der Waals surface area contributed by atoms with Crippen LogP contribution in [-0.2, 0) is 11.2 Å². The Balaban J connectivity index is 1.28. The van der Waals surface area contributed by atoms with Gasteiger partial charge in [0.25, 0.3) is 0 Å². The Bertz CT molecular complexity index is 1350. The highest BCUT2D eigenvalue weighted by Gasteiger charge is 2.26. The first-order valence-corrected chi connectivity index (χ1v) is 12.4. The van der Waals surface area contributed by atoms with Crippen LogP contribution >= 0.6 is 12.2 Å². The smallest absolute Gasteiger partial charge is 0.322 e. The molecule has 0 bridgehead atoms. The van der Waals surface area contributed by atoms with Gasteiger partial charge in [0, 0.05) is 50.4 Å². The van der Waals surface area contributed by atoms with E-state index in [-0.39, 0.29) is 40.7 Å². The van der Waals surface area contributed by atoms with Gasteiger partial charge in [-0.3, -0.25) is 10.1 Å². The third kappa shape index (κ3) is 8.12. The molecule has 1 aliphatic rings. The molecule has 0 atom stereocenters. The zero-order valence-electron chi connectivity index (χ0n) is 21.3. The number of likely N-dealkylation sites (tertiary alicyclic amines) is 1. The summed E-state index contributed by atoms with van der Waals surface area (Å²) < 4.78 is 33.3. The average Bonchev–Trinajstić information content (AvgIpc) is 2.86. The van der Waals surface area contributed by atoms with E-state index in [2.05, 4.69) is 30.8 Å². The van der Waals surface area contributed by atoms with Crippen LogP contribution in [0.3, 0.4) is 0 Å². The van der Waals surface area contributed by atoms with E-state index in [1.807, 2.05) is 7.05 Å². The lowest BCUT2D eigenvalue weighted by atomic mass is 10.0. The molecule has 10 nitrogen and oxygen atoms in total. The third-order valence-corrected chi connectivity index (χ3v) is 6.03. The Morgan fingerprint density at radius 3 is 2.54 bits per heavy atom. The fourth-order valence-electron chi connectivity index (χ4n) is 3.98. The number of halogens is 2. The maximum atomic E-state index is 14.7. The number of rotatable bonds is 8. The van der Waals surface area contributed by atoms with Gasteiger partial charge in [0.2, 0.25) is 11.8 Å². The molecule has 13 heteroatoms. The molecule has 0 aliphatic carbocycles. The summed E-state index contributed by atoms with van der Waals surface area (Å²) in [6, 6.07) is 10.6. The second-order valence-corrected chi connectivity index (χ2v) is 9.60. The fraction of sp³-hybridized carbons (Fsp3) is 0.269. The van der Waals surface area contributed by atoms with Crippen LogP contribution in [0.4, 0.5) is 25.1 Å². The first-order chi connectivity index (χ1) is 18.6. The largest absolute Gasteiger partial charge is 0.436 e. The van der Waals surface area contributed by atoms with Crippen LogP contribution in [-0.4, -0.2) is 70.5 Å². The maximum Gasteiger partial charge on any atom is 0.322 e. The normalized spacial score (nSPS) is 13.2. The Morgan fingerprint density at radius 1 is 1.10 bits per heavy atom. The van der Waals surface area contributed by atoms with Gasteiger partial charge in [0.1, 0.15) is 18.0 Å². The van der Waals surface area contributed by atoms with E-state index in [9.17, 15) is 18.4 Å². The molecule has 4 rings (SSSR count). The number of carbonyl (C=O) groups excluding carboxylic acids is 2. The van der Waals surface area contributed by atoms with Crippen LogP contribution in [0, 0.1) is 17.6 Å². The molecule has 3 aromatic rings. The molecular weight excluding hydrogens is 528 g/mol. The molecule has 3 N–H and O–H groups in total.